The first kappa shape index (κ1) is 17.3. The Hall–Kier alpha value is -1.05. The van der Waals surface area contributed by atoms with Crippen molar-refractivity contribution in [3.05, 3.63) is 40.6 Å². The predicted octanol–water partition coefficient (Wildman–Crippen LogP) is 5.71. The lowest BCUT2D eigenvalue weighted by Crippen LogP contribution is -2.18. The zero-order chi connectivity index (χ0) is 16.4. The summed E-state index contributed by atoms with van der Waals surface area (Å²) in [4.78, 5) is 0. The van der Waals surface area contributed by atoms with E-state index in [0.717, 1.165) is 0 Å². The van der Waals surface area contributed by atoms with Crippen LogP contribution in [-0.2, 0) is 12.8 Å². The van der Waals surface area contributed by atoms with Crippen LogP contribution in [0, 0.1) is 11.5 Å². The Kier molecular flexibility index (Phi) is 5.19. The van der Waals surface area contributed by atoms with Gasteiger partial charge >= 0.3 is 0 Å². The molecule has 0 atom stereocenters. The van der Waals surface area contributed by atoms with Crippen LogP contribution in [0.25, 0.3) is 5.57 Å². The van der Waals surface area contributed by atoms with Crippen molar-refractivity contribution in [1.29, 1.82) is 0 Å². The van der Waals surface area contributed by atoms with Gasteiger partial charge in [-0.2, -0.15) is 0 Å². The van der Waals surface area contributed by atoms with E-state index >= 15 is 0 Å². The highest BCUT2D eigenvalue weighted by Crippen LogP contribution is 2.29. The van der Waals surface area contributed by atoms with E-state index in [9.17, 15) is 0 Å². The lowest BCUT2D eigenvalue weighted by atomic mass is 9.86. The van der Waals surface area contributed by atoms with Gasteiger partial charge in [0.1, 0.15) is 8.07 Å². The first-order valence-corrected chi connectivity index (χ1v) is 15.6. The fourth-order valence-corrected chi connectivity index (χ4v) is 4.51. The zero-order valence-corrected chi connectivity index (χ0v) is 17.1. The van der Waals surface area contributed by atoms with Crippen LogP contribution < -0.4 is 0 Å². The second-order valence-electron chi connectivity index (χ2n) is 8.57. The van der Waals surface area contributed by atoms with Gasteiger partial charge < -0.3 is 0 Å². The van der Waals surface area contributed by atoms with Gasteiger partial charge in [0.25, 0.3) is 0 Å². The first-order chi connectivity index (χ1) is 10.2. The summed E-state index contributed by atoms with van der Waals surface area (Å²) in [6.07, 6.45) is 5.13. The highest BCUT2D eigenvalue weighted by atomic mass is 28.3. The largest absolute Gasteiger partial charge is 0.129 e. The van der Waals surface area contributed by atoms with Gasteiger partial charge in [0, 0.05) is 5.57 Å². The molecule has 22 heavy (non-hydrogen) atoms. The maximum atomic E-state index is 3.59. The molecule has 0 spiro atoms. The molecule has 0 aromatic heterocycles. The molecule has 1 aromatic rings. The van der Waals surface area contributed by atoms with Crippen LogP contribution in [0.2, 0.25) is 39.3 Å². The quantitative estimate of drug-likeness (QED) is 0.482. The summed E-state index contributed by atoms with van der Waals surface area (Å²) in [5.74, 6) is 3.59. The summed E-state index contributed by atoms with van der Waals surface area (Å²) in [6, 6.07) is 6.85. The molecule has 2 heteroatoms. The minimum absolute atomic E-state index is 1.23. The summed E-state index contributed by atoms with van der Waals surface area (Å²) in [6.45, 7) is 14.2. The molecule has 0 saturated carbocycles. The third-order valence-corrected chi connectivity index (χ3v) is 5.87. The molecule has 0 bridgehead atoms. The third kappa shape index (κ3) is 5.00. The van der Waals surface area contributed by atoms with Crippen LogP contribution in [0.5, 0.6) is 0 Å². The van der Waals surface area contributed by atoms with Crippen molar-refractivity contribution in [2.24, 2.45) is 0 Å². The molecule has 0 fully saturated rings. The molecule has 0 saturated heterocycles. The van der Waals surface area contributed by atoms with Gasteiger partial charge in [0.15, 0.2) is 0 Å². The second-order valence-corrected chi connectivity index (χ2v) is 18.3. The van der Waals surface area contributed by atoms with Crippen LogP contribution >= 0.6 is 0 Å². The van der Waals surface area contributed by atoms with E-state index in [2.05, 4.69) is 74.6 Å². The minimum atomic E-state index is -1.35. The SMILES string of the molecule is C[Si](C)(C)C#C/C(=C\[Si](C)(C)C)c1cccc2c1CCCC2. The molecule has 0 nitrogen and oxygen atoms in total. The Labute approximate surface area is 139 Å². The Morgan fingerprint density at radius 2 is 1.68 bits per heavy atom. The lowest BCUT2D eigenvalue weighted by Gasteiger charge is -2.21. The molecule has 0 unspecified atom stereocenters. The summed E-state index contributed by atoms with van der Waals surface area (Å²) in [7, 11) is -2.64. The lowest BCUT2D eigenvalue weighted by molar-refractivity contribution is 0.684. The van der Waals surface area contributed by atoms with Crippen LogP contribution in [0.1, 0.15) is 29.5 Å². The molecule has 0 aliphatic heterocycles. The number of allylic oxidation sites excluding steroid dienone is 1. The van der Waals surface area contributed by atoms with Gasteiger partial charge in [-0.1, -0.05) is 69.1 Å². The first-order valence-electron chi connectivity index (χ1n) is 8.53. The standard InChI is InChI=1S/C20H30Si2/c1-21(2,3)15-14-18(16-22(4,5)6)20-13-9-11-17-10-7-8-12-19(17)20/h9,11,13,16H,7-8,10,12H2,1-6H3/b18-16+. The third-order valence-electron chi connectivity index (χ3n) is 3.84. The van der Waals surface area contributed by atoms with E-state index in [-0.39, 0.29) is 0 Å². The molecule has 1 aromatic carbocycles. The summed E-state index contributed by atoms with van der Waals surface area (Å²) in [5, 5.41) is 0. The fraction of sp³-hybridized carbons (Fsp3) is 0.500. The van der Waals surface area contributed by atoms with Crippen LogP contribution in [0.15, 0.2) is 23.9 Å². The molecule has 0 radical (unpaired) electrons. The van der Waals surface area contributed by atoms with Gasteiger partial charge in [0.05, 0.1) is 8.07 Å². The highest BCUT2D eigenvalue weighted by Gasteiger charge is 2.18. The fourth-order valence-electron chi connectivity index (χ4n) is 2.90. The summed E-state index contributed by atoms with van der Waals surface area (Å²) >= 11 is 0. The molecular formula is C20H30Si2. The molecule has 118 valence electrons. The second kappa shape index (κ2) is 6.60. The van der Waals surface area contributed by atoms with Crippen molar-refractivity contribution < 1.29 is 0 Å². The average molecular weight is 327 g/mol. The van der Waals surface area contributed by atoms with Crippen molar-refractivity contribution in [3.8, 4) is 11.5 Å². The van der Waals surface area contributed by atoms with E-state index in [1.54, 1.807) is 11.1 Å². The molecular weight excluding hydrogens is 296 g/mol. The van der Waals surface area contributed by atoms with E-state index < -0.39 is 16.1 Å². The van der Waals surface area contributed by atoms with Gasteiger partial charge in [-0.15, -0.1) is 5.54 Å². The minimum Gasteiger partial charge on any atom is -0.127 e. The summed E-state index contributed by atoms with van der Waals surface area (Å²) in [5.41, 5.74) is 12.0. The van der Waals surface area contributed by atoms with E-state index in [0.29, 0.717) is 0 Å². The maximum Gasteiger partial charge on any atom is 0.129 e. The van der Waals surface area contributed by atoms with E-state index in [4.69, 9.17) is 0 Å². The van der Waals surface area contributed by atoms with Crippen molar-refractivity contribution >= 4 is 21.7 Å². The molecule has 1 aliphatic rings. The Morgan fingerprint density at radius 3 is 2.32 bits per heavy atom. The number of hydrogen-bond acceptors (Lipinski definition) is 0. The molecule has 1 aliphatic carbocycles. The number of benzene rings is 1. The Morgan fingerprint density at radius 1 is 1.00 bits per heavy atom. The van der Waals surface area contributed by atoms with Crippen LogP contribution in [0.4, 0.5) is 0 Å². The summed E-state index contributed by atoms with van der Waals surface area (Å²) < 4.78 is 0. The number of aryl methyl sites for hydroxylation is 1. The molecule has 0 amide bonds. The average Bonchev–Trinajstić information content (AvgIpc) is 2.41. The monoisotopic (exact) mass is 326 g/mol. The normalized spacial score (nSPS) is 15.8. The van der Waals surface area contributed by atoms with E-state index in [1.807, 2.05) is 0 Å². The van der Waals surface area contributed by atoms with Gasteiger partial charge in [-0.3, -0.25) is 0 Å². The number of fused-ring (bicyclic) bond motifs is 1. The van der Waals surface area contributed by atoms with Crippen LogP contribution in [-0.4, -0.2) is 16.1 Å². The number of rotatable bonds is 2. The number of hydrogen-bond donors (Lipinski definition) is 0. The Bertz CT molecular complexity index is 628. The highest BCUT2D eigenvalue weighted by molar-refractivity contribution is 6.84. The van der Waals surface area contributed by atoms with Crippen molar-refractivity contribution in [2.75, 3.05) is 0 Å². The smallest absolute Gasteiger partial charge is 0.127 e. The van der Waals surface area contributed by atoms with Crippen molar-refractivity contribution in [1.82, 2.24) is 0 Å². The van der Waals surface area contributed by atoms with Crippen molar-refractivity contribution in [2.45, 2.75) is 65.0 Å². The predicted molar refractivity (Wildman–Crippen MR) is 106 cm³/mol. The maximum absolute atomic E-state index is 3.59. The van der Waals surface area contributed by atoms with E-state index in [1.165, 1.54) is 36.8 Å². The van der Waals surface area contributed by atoms with Crippen molar-refractivity contribution in [3.63, 3.8) is 0 Å². The van der Waals surface area contributed by atoms with Gasteiger partial charge in [-0.05, 0) is 42.4 Å². The van der Waals surface area contributed by atoms with Gasteiger partial charge in [-0.25, -0.2) is 0 Å². The Balaban J connectivity index is 2.55. The molecule has 0 heterocycles. The molecule has 0 N–H and O–H groups in total. The molecule has 2 rings (SSSR count). The van der Waals surface area contributed by atoms with Gasteiger partial charge in [0.2, 0.25) is 0 Å². The topological polar surface area (TPSA) is 0 Å². The van der Waals surface area contributed by atoms with Crippen LogP contribution in [0.3, 0.4) is 0 Å². The zero-order valence-electron chi connectivity index (χ0n) is 15.1.